The fourth-order valence-corrected chi connectivity index (χ4v) is 2.54. The first-order valence-electron chi connectivity index (χ1n) is 4.83. The van der Waals surface area contributed by atoms with E-state index in [0.29, 0.717) is 5.92 Å². The smallest absolute Gasteiger partial charge is 0.0922 e. The third-order valence-corrected chi connectivity index (χ3v) is 3.71. The van der Waals surface area contributed by atoms with Gasteiger partial charge in [0.05, 0.1) is 5.82 Å². The molecule has 4 heteroatoms. The van der Waals surface area contributed by atoms with Crippen LogP contribution in [0.1, 0.15) is 0 Å². The van der Waals surface area contributed by atoms with Gasteiger partial charge in [-0.1, -0.05) is 11.6 Å². The van der Waals surface area contributed by atoms with Crippen molar-refractivity contribution in [3.63, 3.8) is 0 Å². The number of nitrogens with two attached hydrogens (primary N) is 1. The van der Waals surface area contributed by atoms with Crippen LogP contribution in [-0.2, 0) is 0 Å². The lowest BCUT2D eigenvalue weighted by Crippen LogP contribution is -2.17. The van der Waals surface area contributed by atoms with Gasteiger partial charge >= 0.3 is 0 Å². The van der Waals surface area contributed by atoms with Gasteiger partial charge < -0.3 is 11.1 Å². The van der Waals surface area contributed by atoms with E-state index in [4.69, 9.17) is 17.3 Å². The van der Waals surface area contributed by atoms with Crippen LogP contribution in [0.5, 0.6) is 0 Å². The van der Waals surface area contributed by atoms with E-state index in [9.17, 15) is 0 Å². The lowest BCUT2D eigenvalue weighted by molar-refractivity contribution is 0.722. The predicted octanol–water partition coefficient (Wildman–Crippen LogP) is 2.45. The molecule has 0 spiro atoms. The molecule has 3 N–H and O–H groups in total. The number of halogens is 1. The van der Waals surface area contributed by atoms with Gasteiger partial charge in [0.1, 0.15) is 0 Å². The van der Waals surface area contributed by atoms with E-state index in [1.807, 2.05) is 36.0 Å². The summed E-state index contributed by atoms with van der Waals surface area (Å²) in [6, 6.07) is 7.92. The summed E-state index contributed by atoms with van der Waals surface area (Å²) in [5.41, 5.74) is 5.64. The molecule has 0 fully saturated rings. The van der Waals surface area contributed by atoms with E-state index >= 15 is 0 Å². The van der Waals surface area contributed by atoms with Gasteiger partial charge in [0.2, 0.25) is 0 Å². The maximum absolute atomic E-state index is 5.81. The molecule has 1 aliphatic rings. The molecule has 0 aliphatic carbocycles. The summed E-state index contributed by atoms with van der Waals surface area (Å²) < 4.78 is 0. The largest absolute Gasteiger partial charge is 0.386 e. The van der Waals surface area contributed by atoms with Crippen molar-refractivity contribution in [2.45, 2.75) is 4.90 Å². The molecule has 0 aromatic heterocycles. The molecule has 2 nitrogen and oxygen atoms in total. The summed E-state index contributed by atoms with van der Waals surface area (Å²) in [5, 5.41) is 3.90. The zero-order valence-corrected chi connectivity index (χ0v) is 9.81. The van der Waals surface area contributed by atoms with Crippen LogP contribution < -0.4 is 11.1 Å². The number of nitrogens with one attached hydrogen (secondary N) is 1. The van der Waals surface area contributed by atoms with E-state index in [-0.39, 0.29) is 0 Å². The number of hydrogen-bond donors (Lipinski definition) is 2. The average molecular weight is 241 g/mol. The number of rotatable bonds is 3. The van der Waals surface area contributed by atoms with Gasteiger partial charge in [-0.25, -0.2) is 0 Å². The monoisotopic (exact) mass is 240 g/mol. The van der Waals surface area contributed by atoms with Crippen molar-refractivity contribution in [2.75, 3.05) is 12.3 Å². The van der Waals surface area contributed by atoms with Crippen LogP contribution in [0.2, 0.25) is 5.02 Å². The van der Waals surface area contributed by atoms with Gasteiger partial charge in [-0.3, -0.25) is 0 Å². The van der Waals surface area contributed by atoms with Gasteiger partial charge in [0.25, 0.3) is 0 Å². The Morgan fingerprint density at radius 1 is 1.40 bits per heavy atom. The minimum absolute atomic E-state index is 0.533. The molecule has 1 atom stereocenters. The fourth-order valence-electron chi connectivity index (χ4n) is 1.46. The Balaban J connectivity index is 1.86. The zero-order valence-electron chi connectivity index (χ0n) is 8.24. The lowest BCUT2D eigenvalue weighted by Gasteiger charge is -2.06. The molecule has 0 amide bonds. The highest BCUT2D eigenvalue weighted by Gasteiger charge is 2.12. The third-order valence-electron chi connectivity index (χ3n) is 2.26. The molecule has 0 radical (unpaired) electrons. The molecule has 0 bridgehead atoms. The maximum atomic E-state index is 5.81. The number of hydrogen-bond acceptors (Lipinski definition) is 3. The van der Waals surface area contributed by atoms with E-state index in [0.717, 1.165) is 23.1 Å². The molecule has 1 aliphatic heterocycles. The van der Waals surface area contributed by atoms with Gasteiger partial charge in [0.15, 0.2) is 0 Å². The van der Waals surface area contributed by atoms with Crippen molar-refractivity contribution in [2.24, 2.45) is 11.7 Å². The van der Waals surface area contributed by atoms with Crippen molar-refractivity contribution < 1.29 is 0 Å². The van der Waals surface area contributed by atoms with Crippen molar-refractivity contribution in [1.29, 1.82) is 0 Å². The van der Waals surface area contributed by atoms with Crippen LogP contribution in [0.15, 0.2) is 41.1 Å². The van der Waals surface area contributed by atoms with Crippen LogP contribution in [0, 0.1) is 5.92 Å². The average Bonchev–Trinajstić information content (AvgIpc) is 2.64. The minimum atomic E-state index is 0.533. The first kappa shape index (κ1) is 10.7. The summed E-state index contributed by atoms with van der Waals surface area (Å²) in [6.07, 6.45) is 2.09. The Labute approximate surface area is 98.9 Å². The first-order chi connectivity index (χ1) is 7.24. The molecule has 1 heterocycles. The third kappa shape index (κ3) is 3.08. The SMILES string of the molecule is NC1=C[C@@H](CSc2ccc(Cl)cc2)CN1. The molecular formula is C11H13ClN2S. The number of benzene rings is 1. The van der Waals surface area contributed by atoms with Gasteiger partial charge in [-0.05, 0) is 30.3 Å². The molecule has 2 rings (SSSR count). The molecule has 1 aromatic rings. The van der Waals surface area contributed by atoms with E-state index in [1.165, 1.54) is 4.90 Å². The molecule has 1 aromatic carbocycles. The Morgan fingerprint density at radius 3 is 2.73 bits per heavy atom. The zero-order chi connectivity index (χ0) is 10.7. The van der Waals surface area contributed by atoms with Crippen molar-refractivity contribution in [1.82, 2.24) is 5.32 Å². The minimum Gasteiger partial charge on any atom is -0.386 e. The summed E-state index contributed by atoms with van der Waals surface area (Å²) >= 11 is 7.64. The molecular weight excluding hydrogens is 228 g/mol. The van der Waals surface area contributed by atoms with Gasteiger partial charge in [-0.2, -0.15) is 0 Å². The van der Waals surface area contributed by atoms with Crippen LogP contribution in [0.3, 0.4) is 0 Å². The summed E-state index contributed by atoms with van der Waals surface area (Å²) in [7, 11) is 0. The second kappa shape index (κ2) is 4.81. The van der Waals surface area contributed by atoms with E-state index in [2.05, 4.69) is 11.4 Å². The highest BCUT2D eigenvalue weighted by Crippen LogP contribution is 2.24. The Bertz CT molecular complexity index is 361. The Morgan fingerprint density at radius 2 is 2.13 bits per heavy atom. The highest BCUT2D eigenvalue weighted by atomic mass is 35.5. The summed E-state index contributed by atoms with van der Waals surface area (Å²) in [6.45, 7) is 0.951. The van der Waals surface area contributed by atoms with Crippen LogP contribution >= 0.6 is 23.4 Å². The van der Waals surface area contributed by atoms with E-state index < -0.39 is 0 Å². The fraction of sp³-hybridized carbons (Fsp3) is 0.273. The van der Waals surface area contributed by atoms with Crippen molar-refractivity contribution >= 4 is 23.4 Å². The summed E-state index contributed by atoms with van der Waals surface area (Å²) in [4.78, 5) is 1.25. The lowest BCUT2D eigenvalue weighted by atomic mass is 10.2. The first-order valence-corrected chi connectivity index (χ1v) is 6.20. The van der Waals surface area contributed by atoms with Crippen molar-refractivity contribution in [3.8, 4) is 0 Å². The maximum Gasteiger partial charge on any atom is 0.0922 e. The van der Waals surface area contributed by atoms with E-state index in [1.54, 1.807) is 0 Å². The molecule has 80 valence electrons. The van der Waals surface area contributed by atoms with Crippen LogP contribution in [0.4, 0.5) is 0 Å². The second-order valence-electron chi connectivity index (χ2n) is 3.53. The van der Waals surface area contributed by atoms with Gasteiger partial charge in [0, 0.05) is 28.1 Å². The Kier molecular flexibility index (Phi) is 3.44. The molecule has 15 heavy (non-hydrogen) atoms. The molecule has 0 unspecified atom stereocenters. The molecule has 0 saturated carbocycles. The second-order valence-corrected chi connectivity index (χ2v) is 5.06. The standard InChI is InChI=1S/C11H13ClN2S/c12-9-1-3-10(4-2-9)15-7-8-5-11(13)14-6-8/h1-5,8,14H,6-7,13H2/t8-/m1/s1. The highest BCUT2D eigenvalue weighted by molar-refractivity contribution is 7.99. The quantitative estimate of drug-likeness (QED) is 0.798. The number of thioether (sulfide) groups is 1. The Hall–Kier alpha value is -0.800. The normalized spacial score (nSPS) is 19.8. The van der Waals surface area contributed by atoms with Crippen LogP contribution in [-0.4, -0.2) is 12.3 Å². The molecule has 0 saturated heterocycles. The van der Waals surface area contributed by atoms with Gasteiger partial charge in [-0.15, -0.1) is 11.8 Å². The summed E-state index contributed by atoms with van der Waals surface area (Å²) in [5.74, 6) is 2.39. The topological polar surface area (TPSA) is 38.0 Å². The predicted molar refractivity (Wildman–Crippen MR) is 65.9 cm³/mol. The van der Waals surface area contributed by atoms with Crippen molar-refractivity contribution in [3.05, 3.63) is 41.2 Å². The van der Waals surface area contributed by atoms with Crippen LogP contribution in [0.25, 0.3) is 0 Å².